The van der Waals surface area contributed by atoms with Crippen LogP contribution in [-0.2, 0) is 23.9 Å². The number of methoxy groups -OCH3 is 1. The topological polar surface area (TPSA) is 89.9 Å². The van der Waals surface area contributed by atoms with Crippen molar-refractivity contribution >= 4 is 29.3 Å². The van der Waals surface area contributed by atoms with E-state index in [0.29, 0.717) is 12.0 Å². The zero-order valence-electron chi connectivity index (χ0n) is 20.0. The minimum absolute atomic E-state index is 0.0178. The van der Waals surface area contributed by atoms with Crippen molar-refractivity contribution in [3.05, 3.63) is 23.8 Å². The Labute approximate surface area is 203 Å². The molecular formula is C26H32ClFO6. The van der Waals surface area contributed by atoms with Crippen LogP contribution in [0.3, 0.4) is 0 Å². The number of rotatable bonds is 3. The van der Waals surface area contributed by atoms with Crippen molar-refractivity contribution in [2.45, 2.75) is 75.6 Å². The van der Waals surface area contributed by atoms with Gasteiger partial charge in [-0.2, -0.15) is 0 Å². The molecule has 0 aromatic heterocycles. The van der Waals surface area contributed by atoms with Crippen LogP contribution in [0.25, 0.3) is 0 Å². The molecule has 0 spiro atoms. The van der Waals surface area contributed by atoms with Gasteiger partial charge in [-0.05, 0) is 61.7 Å². The third kappa shape index (κ3) is 2.74. The normalized spacial score (nSPS) is 49.4. The van der Waals surface area contributed by atoms with Crippen LogP contribution in [0.15, 0.2) is 23.8 Å². The van der Waals surface area contributed by atoms with Crippen LogP contribution >= 0.6 is 11.6 Å². The molecule has 34 heavy (non-hydrogen) atoms. The number of hydrogen-bond acceptors (Lipinski definition) is 6. The molecule has 0 bridgehead atoms. The van der Waals surface area contributed by atoms with Gasteiger partial charge in [0.15, 0.2) is 5.78 Å². The fraction of sp³-hybridized carbons (Fsp3) is 0.731. The predicted molar refractivity (Wildman–Crippen MR) is 121 cm³/mol. The Morgan fingerprint density at radius 1 is 1.21 bits per heavy atom. The number of carbonyl (C=O) groups is 3. The Balaban J connectivity index is 1.63. The Hall–Kier alpha value is -1.73. The van der Waals surface area contributed by atoms with Gasteiger partial charge < -0.3 is 14.6 Å². The van der Waals surface area contributed by atoms with Gasteiger partial charge in [0.1, 0.15) is 6.17 Å². The molecule has 0 aromatic rings. The number of aliphatic hydroxyl groups excluding tert-OH is 1. The fourth-order valence-corrected chi connectivity index (χ4v) is 8.42. The fourth-order valence-electron chi connectivity index (χ4n) is 7.93. The van der Waals surface area contributed by atoms with Gasteiger partial charge in [0.25, 0.3) is 0 Å². The molecule has 9 atom stereocenters. The first-order chi connectivity index (χ1) is 15.9. The van der Waals surface area contributed by atoms with Crippen LogP contribution in [0.2, 0.25) is 0 Å². The second-order valence-corrected chi connectivity index (χ2v) is 12.0. The molecule has 0 aliphatic heterocycles. The zero-order chi connectivity index (χ0) is 24.8. The van der Waals surface area contributed by atoms with Crippen molar-refractivity contribution in [1.29, 1.82) is 0 Å². The Kier molecular flexibility index (Phi) is 5.21. The van der Waals surface area contributed by atoms with Crippen molar-refractivity contribution in [3.8, 4) is 0 Å². The molecule has 4 saturated carbocycles. The summed E-state index contributed by atoms with van der Waals surface area (Å²) in [7, 11) is 1.27. The predicted octanol–water partition coefficient (Wildman–Crippen LogP) is 3.69. The van der Waals surface area contributed by atoms with Crippen molar-refractivity contribution in [2.75, 3.05) is 7.11 Å². The standard InChI is InChI=1S/C26H32ClFO6/c1-13-9-16-17-11-19(28)18-10-15(29)7-8-23(18,2)25(17,27)20(30)12-24(16,3)26(13,22(32)33-4)34-21(31)14-5-6-14/h7-8,10,13-14,16-17,19-20,30H,5-6,9,11-12H2,1-4H3/t13-,16?,17?,19-,20-,23-,24-,25-,26-/m0/s1. The highest BCUT2D eigenvalue weighted by atomic mass is 35.5. The molecule has 6 nitrogen and oxygen atoms in total. The first kappa shape index (κ1) is 24.0. The van der Waals surface area contributed by atoms with Crippen molar-refractivity contribution in [2.24, 2.45) is 34.5 Å². The molecular weight excluding hydrogens is 463 g/mol. The van der Waals surface area contributed by atoms with Crippen LogP contribution in [0.4, 0.5) is 4.39 Å². The monoisotopic (exact) mass is 494 g/mol. The molecule has 8 heteroatoms. The lowest BCUT2D eigenvalue weighted by molar-refractivity contribution is -0.216. The molecule has 5 aliphatic carbocycles. The molecule has 5 rings (SSSR count). The van der Waals surface area contributed by atoms with E-state index in [4.69, 9.17) is 21.1 Å². The van der Waals surface area contributed by atoms with E-state index < -0.39 is 57.4 Å². The first-order valence-electron chi connectivity index (χ1n) is 12.1. The summed E-state index contributed by atoms with van der Waals surface area (Å²) in [5.74, 6) is -2.82. The third-order valence-corrected chi connectivity index (χ3v) is 10.8. The number of allylic oxidation sites excluding steroid dienone is 4. The highest BCUT2D eigenvalue weighted by Gasteiger charge is 2.78. The maximum absolute atomic E-state index is 15.7. The summed E-state index contributed by atoms with van der Waals surface area (Å²) >= 11 is 7.36. The number of fused-ring (bicyclic) bond motifs is 5. The van der Waals surface area contributed by atoms with Crippen molar-refractivity contribution < 1.29 is 33.4 Å². The van der Waals surface area contributed by atoms with Gasteiger partial charge in [-0.25, -0.2) is 9.18 Å². The molecule has 0 radical (unpaired) electrons. The molecule has 4 fully saturated rings. The Morgan fingerprint density at radius 3 is 2.50 bits per heavy atom. The van der Waals surface area contributed by atoms with E-state index in [2.05, 4.69) is 0 Å². The molecule has 0 saturated heterocycles. The van der Waals surface area contributed by atoms with Crippen LogP contribution in [0, 0.1) is 34.5 Å². The minimum Gasteiger partial charge on any atom is -0.466 e. The van der Waals surface area contributed by atoms with Crippen LogP contribution < -0.4 is 0 Å². The molecule has 5 aliphatic rings. The number of ketones is 1. The van der Waals surface area contributed by atoms with Crippen LogP contribution in [-0.4, -0.2) is 52.7 Å². The van der Waals surface area contributed by atoms with Gasteiger partial charge in [-0.3, -0.25) is 9.59 Å². The minimum atomic E-state index is -1.59. The average Bonchev–Trinajstić information content (AvgIpc) is 3.60. The van der Waals surface area contributed by atoms with E-state index >= 15 is 4.39 Å². The number of hydrogen-bond donors (Lipinski definition) is 1. The van der Waals surface area contributed by atoms with Gasteiger partial charge in [0.2, 0.25) is 5.60 Å². The highest BCUT2D eigenvalue weighted by Crippen LogP contribution is 2.72. The van der Waals surface area contributed by atoms with Gasteiger partial charge in [0.05, 0.1) is 24.0 Å². The largest absolute Gasteiger partial charge is 0.466 e. The number of aliphatic hydroxyl groups is 1. The van der Waals surface area contributed by atoms with Gasteiger partial charge in [0, 0.05) is 16.7 Å². The Bertz CT molecular complexity index is 1020. The molecule has 0 aromatic carbocycles. The van der Waals surface area contributed by atoms with Crippen molar-refractivity contribution in [1.82, 2.24) is 0 Å². The van der Waals surface area contributed by atoms with Crippen LogP contribution in [0.5, 0.6) is 0 Å². The number of esters is 2. The third-order valence-electron chi connectivity index (χ3n) is 9.83. The average molecular weight is 495 g/mol. The van der Waals surface area contributed by atoms with Gasteiger partial charge in [-0.1, -0.05) is 26.8 Å². The first-order valence-corrected chi connectivity index (χ1v) is 12.5. The molecule has 1 N–H and O–H groups in total. The van der Waals surface area contributed by atoms with E-state index in [-0.39, 0.29) is 30.5 Å². The molecule has 0 heterocycles. The number of halogens is 2. The van der Waals surface area contributed by atoms with E-state index in [1.165, 1.54) is 19.3 Å². The zero-order valence-corrected chi connectivity index (χ0v) is 20.7. The summed E-state index contributed by atoms with van der Waals surface area (Å²) in [6.45, 7) is 5.47. The number of carbonyl (C=O) groups excluding carboxylic acids is 3. The van der Waals surface area contributed by atoms with E-state index in [0.717, 1.165) is 12.8 Å². The summed E-state index contributed by atoms with van der Waals surface area (Å²) in [5.41, 5.74) is -3.38. The summed E-state index contributed by atoms with van der Waals surface area (Å²) < 4.78 is 26.9. The van der Waals surface area contributed by atoms with E-state index in [1.54, 1.807) is 13.0 Å². The summed E-state index contributed by atoms with van der Waals surface area (Å²) in [6.07, 6.45) is 3.78. The lowest BCUT2D eigenvalue weighted by Crippen LogP contribution is -2.70. The van der Waals surface area contributed by atoms with E-state index in [1.807, 2.05) is 13.8 Å². The van der Waals surface area contributed by atoms with Crippen LogP contribution in [0.1, 0.15) is 52.9 Å². The second-order valence-electron chi connectivity index (χ2n) is 11.4. The Morgan fingerprint density at radius 2 is 1.88 bits per heavy atom. The molecule has 2 unspecified atom stereocenters. The summed E-state index contributed by atoms with van der Waals surface area (Å²) in [6, 6.07) is 0. The summed E-state index contributed by atoms with van der Waals surface area (Å²) in [4.78, 5) is 37.0. The lowest BCUT2D eigenvalue weighted by atomic mass is 9.45. The number of alkyl halides is 2. The quantitative estimate of drug-likeness (QED) is 0.475. The highest BCUT2D eigenvalue weighted by molar-refractivity contribution is 6.26. The van der Waals surface area contributed by atoms with E-state index in [9.17, 15) is 19.5 Å². The second kappa shape index (κ2) is 7.39. The summed E-state index contributed by atoms with van der Waals surface area (Å²) in [5, 5.41) is 11.7. The van der Waals surface area contributed by atoms with Gasteiger partial charge >= 0.3 is 11.9 Å². The van der Waals surface area contributed by atoms with Crippen molar-refractivity contribution in [3.63, 3.8) is 0 Å². The lowest BCUT2D eigenvalue weighted by Gasteiger charge is -2.64. The maximum atomic E-state index is 15.7. The maximum Gasteiger partial charge on any atom is 0.351 e. The SMILES string of the molecule is COC(=O)[C@@]1(OC(=O)C2CC2)[C@@H](C)CC2C3C[C@H](F)C4=CC(=O)C=C[C@]4(C)[C@@]3(Cl)[C@@H](O)C[C@@]21C. The number of ether oxygens (including phenoxy) is 2. The van der Waals surface area contributed by atoms with Gasteiger partial charge in [-0.15, -0.1) is 11.6 Å². The molecule has 0 amide bonds. The molecule has 186 valence electrons. The smallest absolute Gasteiger partial charge is 0.351 e.